The van der Waals surface area contributed by atoms with Crippen LogP contribution in [0.4, 0.5) is 5.69 Å². The van der Waals surface area contributed by atoms with E-state index in [4.69, 9.17) is 16.3 Å². The Morgan fingerprint density at radius 1 is 1.17 bits per heavy atom. The van der Waals surface area contributed by atoms with Gasteiger partial charge in [0.05, 0.1) is 22.1 Å². The second kappa shape index (κ2) is 9.47. The summed E-state index contributed by atoms with van der Waals surface area (Å²) in [5, 5.41) is 9.73. The van der Waals surface area contributed by atoms with Gasteiger partial charge in [0.2, 0.25) is 0 Å². The minimum absolute atomic E-state index is 0.141. The second-order valence-corrected chi connectivity index (χ2v) is 8.84. The first-order chi connectivity index (χ1) is 14.5. The highest BCUT2D eigenvalue weighted by Crippen LogP contribution is 2.21. The molecule has 1 N–H and O–H groups in total. The van der Waals surface area contributed by atoms with Crippen molar-refractivity contribution in [3.63, 3.8) is 0 Å². The van der Waals surface area contributed by atoms with Crippen molar-refractivity contribution in [1.29, 1.82) is 0 Å². The van der Waals surface area contributed by atoms with Crippen LogP contribution in [0, 0.1) is 0 Å². The van der Waals surface area contributed by atoms with Crippen LogP contribution in [0.1, 0.15) is 20.8 Å². The van der Waals surface area contributed by atoms with Gasteiger partial charge in [-0.25, -0.2) is 0 Å². The third-order valence-corrected chi connectivity index (χ3v) is 5.86. The van der Waals surface area contributed by atoms with Gasteiger partial charge in [0.25, 0.3) is 5.91 Å². The van der Waals surface area contributed by atoms with E-state index in [1.807, 2.05) is 58.7 Å². The number of rotatable bonds is 7. The zero-order valence-corrected chi connectivity index (χ0v) is 18.9. The largest absolute Gasteiger partial charge is 0.489 e. The minimum Gasteiger partial charge on any atom is -0.489 e. The lowest BCUT2D eigenvalue weighted by Crippen LogP contribution is -2.10. The third-order valence-electron chi connectivity index (χ3n) is 4.24. The van der Waals surface area contributed by atoms with Crippen LogP contribution in [0.3, 0.4) is 0 Å². The number of hydrogen-bond donors (Lipinski definition) is 1. The van der Waals surface area contributed by atoms with Gasteiger partial charge in [-0.2, -0.15) is 5.10 Å². The van der Waals surface area contributed by atoms with Crippen LogP contribution >= 0.6 is 38.9 Å². The summed E-state index contributed by atoms with van der Waals surface area (Å²) in [6.07, 6.45) is 3.67. The van der Waals surface area contributed by atoms with E-state index in [9.17, 15) is 4.79 Å². The zero-order chi connectivity index (χ0) is 20.9. The molecule has 4 aromatic rings. The van der Waals surface area contributed by atoms with Crippen LogP contribution in [0.15, 0.2) is 76.8 Å². The van der Waals surface area contributed by atoms with Crippen LogP contribution in [0.25, 0.3) is 0 Å². The molecule has 2 aromatic heterocycles. The number of amides is 1. The summed E-state index contributed by atoms with van der Waals surface area (Å²) < 4.78 is 8.52. The van der Waals surface area contributed by atoms with E-state index in [0.717, 1.165) is 21.3 Å². The van der Waals surface area contributed by atoms with E-state index in [0.29, 0.717) is 28.8 Å². The maximum atomic E-state index is 12.5. The van der Waals surface area contributed by atoms with Crippen molar-refractivity contribution in [1.82, 2.24) is 9.78 Å². The SMILES string of the molecule is O=C(Nc1ccc(Cn2cc(Br)cn2)cc1)c1cc(COc2cccc(Cl)c2)cs1. The van der Waals surface area contributed by atoms with Crippen LogP contribution in [0.2, 0.25) is 5.02 Å². The van der Waals surface area contributed by atoms with Crippen LogP contribution in [-0.2, 0) is 13.2 Å². The number of carbonyl (C=O) groups excluding carboxylic acids is 1. The lowest BCUT2D eigenvalue weighted by Gasteiger charge is -2.06. The molecule has 0 aliphatic rings. The molecule has 5 nitrogen and oxygen atoms in total. The molecule has 2 aromatic carbocycles. The fraction of sp³-hybridized carbons (Fsp3) is 0.0909. The molecule has 0 spiro atoms. The summed E-state index contributed by atoms with van der Waals surface area (Å²) in [7, 11) is 0. The summed E-state index contributed by atoms with van der Waals surface area (Å²) in [6, 6.07) is 16.8. The molecule has 152 valence electrons. The standard InChI is InChI=1S/C22H17BrClN3O2S/c23-17-10-25-27(12-17)11-15-4-6-19(7-5-15)26-22(28)21-8-16(14-30-21)13-29-20-3-1-2-18(24)9-20/h1-10,12,14H,11,13H2,(H,26,28). The average Bonchev–Trinajstić information content (AvgIpc) is 3.37. The molecule has 0 aliphatic heterocycles. The van der Waals surface area contributed by atoms with E-state index < -0.39 is 0 Å². The Hall–Kier alpha value is -2.61. The van der Waals surface area contributed by atoms with Gasteiger partial charge in [-0.1, -0.05) is 29.8 Å². The highest BCUT2D eigenvalue weighted by Gasteiger charge is 2.10. The van der Waals surface area contributed by atoms with Crippen molar-refractivity contribution in [2.24, 2.45) is 0 Å². The number of nitrogens with one attached hydrogen (secondary N) is 1. The molecule has 0 atom stereocenters. The van der Waals surface area contributed by atoms with Gasteiger partial charge in [0, 0.05) is 22.5 Å². The number of thiophene rings is 1. The van der Waals surface area contributed by atoms with Gasteiger partial charge in [-0.05, 0) is 63.3 Å². The average molecular weight is 503 g/mol. The molecular formula is C22H17BrClN3O2S. The number of benzene rings is 2. The van der Waals surface area contributed by atoms with E-state index in [1.54, 1.807) is 18.3 Å². The third kappa shape index (κ3) is 5.50. The van der Waals surface area contributed by atoms with Gasteiger partial charge in [0.1, 0.15) is 12.4 Å². The van der Waals surface area contributed by atoms with Gasteiger partial charge in [-0.3, -0.25) is 9.48 Å². The number of hydrogen-bond acceptors (Lipinski definition) is 4. The second-order valence-electron chi connectivity index (χ2n) is 6.57. The Labute approximate surface area is 191 Å². The van der Waals surface area contributed by atoms with E-state index in [1.165, 1.54) is 11.3 Å². The zero-order valence-electron chi connectivity index (χ0n) is 15.7. The van der Waals surface area contributed by atoms with Gasteiger partial charge in [-0.15, -0.1) is 11.3 Å². The highest BCUT2D eigenvalue weighted by atomic mass is 79.9. The molecule has 0 aliphatic carbocycles. The number of nitrogens with zero attached hydrogens (tertiary/aromatic N) is 2. The minimum atomic E-state index is -0.141. The topological polar surface area (TPSA) is 56.2 Å². The first-order valence-corrected chi connectivity index (χ1v) is 11.1. The molecule has 4 rings (SSSR count). The normalized spacial score (nSPS) is 10.7. The molecule has 0 radical (unpaired) electrons. The Bertz CT molecular complexity index is 1160. The maximum Gasteiger partial charge on any atom is 0.265 e. The quantitative estimate of drug-likeness (QED) is 0.325. The fourth-order valence-corrected chi connectivity index (χ4v) is 4.09. The molecule has 0 unspecified atom stereocenters. The predicted molar refractivity (Wildman–Crippen MR) is 124 cm³/mol. The summed E-state index contributed by atoms with van der Waals surface area (Å²) in [6.45, 7) is 1.04. The molecule has 0 bridgehead atoms. The Kier molecular flexibility index (Phi) is 6.52. The molecule has 0 saturated heterocycles. The molecular weight excluding hydrogens is 486 g/mol. The number of halogens is 2. The van der Waals surface area contributed by atoms with Crippen LogP contribution in [-0.4, -0.2) is 15.7 Å². The fourth-order valence-electron chi connectivity index (χ4n) is 2.79. The van der Waals surface area contributed by atoms with Gasteiger partial charge < -0.3 is 10.1 Å². The smallest absolute Gasteiger partial charge is 0.265 e. The summed E-state index contributed by atoms with van der Waals surface area (Å²) in [4.78, 5) is 13.2. The lowest BCUT2D eigenvalue weighted by atomic mass is 10.2. The maximum absolute atomic E-state index is 12.5. The first kappa shape index (κ1) is 20.7. The number of ether oxygens (including phenoxy) is 1. The van der Waals surface area contributed by atoms with Crippen molar-refractivity contribution in [2.45, 2.75) is 13.2 Å². The van der Waals surface area contributed by atoms with E-state index in [2.05, 4.69) is 26.3 Å². The number of anilines is 1. The van der Waals surface area contributed by atoms with Crippen molar-refractivity contribution < 1.29 is 9.53 Å². The first-order valence-electron chi connectivity index (χ1n) is 9.09. The summed E-state index contributed by atoms with van der Waals surface area (Å²) >= 11 is 10.7. The Balaban J connectivity index is 1.32. The Morgan fingerprint density at radius 3 is 2.73 bits per heavy atom. The molecule has 30 heavy (non-hydrogen) atoms. The molecule has 1 amide bonds. The molecule has 8 heteroatoms. The Morgan fingerprint density at radius 2 is 2.00 bits per heavy atom. The van der Waals surface area contributed by atoms with Gasteiger partial charge >= 0.3 is 0 Å². The lowest BCUT2D eigenvalue weighted by molar-refractivity contribution is 0.103. The van der Waals surface area contributed by atoms with E-state index in [-0.39, 0.29) is 5.91 Å². The number of carbonyl (C=O) groups is 1. The summed E-state index contributed by atoms with van der Waals surface area (Å²) in [5.41, 5.74) is 2.78. The monoisotopic (exact) mass is 501 g/mol. The summed E-state index contributed by atoms with van der Waals surface area (Å²) in [5.74, 6) is 0.556. The van der Waals surface area contributed by atoms with Crippen molar-refractivity contribution in [2.75, 3.05) is 5.32 Å². The van der Waals surface area contributed by atoms with Crippen molar-refractivity contribution >= 4 is 50.5 Å². The highest BCUT2D eigenvalue weighted by molar-refractivity contribution is 9.10. The molecule has 2 heterocycles. The molecule has 0 fully saturated rings. The predicted octanol–water partition coefficient (Wildman–Crippen LogP) is 6.24. The van der Waals surface area contributed by atoms with Crippen LogP contribution < -0.4 is 10.1 Å². The van der Waals surface area contributed by atoms with Gasteiger partial charge in [0.15, 0.2) is 0 Å². The van der Waals surface area contributed by atoms with E-state index >= 15 is 0 Å². The number of aromatic nitrogens is 2. The molecule has 0 saturated carbocycles. The van der Waals surface area contributed by atoms with Crippen LogP contribution in [0.5, 0.6) is 5.75 Å². The van der Waals surface area contributed by atoms with Crippen molar-refractivity contribution in [3.8, 4) is 5.75 Å². The van der Waals surface area contributed by atoms with Crippen molar-refractivity contribution in [3.05, 3.63) is 97.9 Å².